The number of hydrogen-bond acceptors (Lipinski definition) is 3. The van der Waals surface area contributed by atoms with Crippen molar-refractivity contribution >= 4 is 21.8 Å². The van der Waals surface area contributed by atoms with E-state index in [1.165, 1.54) is 0 Å². The highest BCUT2D eigenvalue weighted by Gasteiger charge is 2.26. The van der Waals surface area contributed by atoms with Crippen LogP contribution in [-0.2, 0) is 0 Å². The number of amides is 1. The molecular formula is C16H19BrN4O. The Morgan fingerprint density at radius 3 is 3.00 bits per heavy atom. The molecule has 2 heterocycles. The first-order valence-electron chi connectivity index (χ1n) is 7.40. The van der Waals surface area contributed by atoms with Crippen molar-refractivity contribution in [3.63, 3.8) is 0 Å². The fraction of sp³-hybridized carbons (Fsp3) is 0.375. The third-order valence-corrected chi connectivity index (χ3v) is 4.55. The Hall–Kier alpha value is -1.66. The molecule has 1 saturated heterocycles. The Labute approximate surface area is 138 Å². The summed E-state index contributed by atoms with van der Waals surface area (Å²) in [5.41, 5.74) is 2.49. The van der Waals surface area contributed by atoms with E-state index in [4.69, 9.17) is 0 Å². The molecule has 22 heavy (non-hydrogen) atoms. The summed E-state index contributed by atoms with van der Waals surface area (Å²) in [5.74, 6) is 0.0627. The molecule has 1 amide bonds. The Kier molecular flexibility index (Phi) is 4.31. The summed E-state index contributed by atoms with van der Waals surface area (Å²) >= 11 is 3.47. The van der Waals surface area contributed by atoms with Gasteiger partial charge in [-0.05, 0) is 32.0 Å². The zero-order valence-corrected chi connectivity index (χ0v) is 14.3. The van der Waals surface area contributed by atoms with Crippen molar-refractivity contribution < 1.29 is 4.79 Å². The summed E-state index contributed by atoms with van der Waals surface area (Å²) < 4.78 is 2.80. The van der Waals surface area contributed by atoms with Gasteiger partial charge >= 0.3 is 0 Å². The topological polar surface area (TPSA) is 50.2 Å². The van der Waals surface area contributed by atoms with Gasteiger partial charge < -0.3 is 10.2 Å². The van der Waals surface area contributed by atoms with Crippen LogP contribution in [0.15, 0.2) is 34.9 Å². The predicted octanol–water partition coefficient (Wildman–Crippen LogP) is 2.38. The maximum absolute atomic E-state index is 12.8. The number of carbonyl (C=O) groups excluding carboxylic acids is 1. The molecule has 1 atom stereocenters. The molecule has 0 bridgehead atoms. The van der Waals surface area contributed by atoms with Gasteiger partial charge in [0, 0.05) is 30.1 Å². The van der Waals surface area contributed by atoms with Crippen LogP contribution < -0.4 is 5.32 Å². The largest absolute Gasteiger partial charge is 0.333 e. The average molecular weight is 363 g/mol. The number of halogens is 1. The molecule has 2 aromatic rings. The molecule has 0 aliphatic carbocycles. The summed E-state index contributed by atoms with van der Waals surface area (Å²) in [6.45, 7) is 6.42. The van der Waals surface area contributed by atoms with E-state index < -0.39 is 0 Å². The van der Waals surface area contributed by atoms with Gasteiger partial charge in [-0.15, -0.1) is 0 Å². The Morgan fingerprint density at radius 2 is 2.27 bits per heavy atom. The molecular weight excluding hydrogens is 344 g/mol. The second kappa shape index (κ2) is 6.22. The van der Waals surface area contributed by atoms with Crippen LogP contribution in [0.5, 0.6) is 0 Å². The molecule has 1 unspecified atom stereocenters. The van der Waals surface area contributed by atoms with Crippen LogP contribution >= 0.6 is 15.9 Å². The van der Waals surface area contributed by atoms with Crippen molar-refractivity contribution in [1.82, 2.24) is 20.0 Å². The van der Waals surface area contributed by atoms with Gasteiger partial charge in [0.2, 0.25) is 0 Å². The quantitative estimate of drug-likeness (QED) is 0.892. The predicted molar refractivity (Wildman–Crippen MR) is 89.4 cm³/mol. The van der Waals surface area contributed by atoms with Gasteiger partial charge in [0.25, 0.3) is 5.91 Å². The van der Waals surface area contributed by atoms with Crippen molar-refractivity contribution in [3.05, 3.63) is 46.2 Å². The molecule has 1 aromatic heterocycles. The highest BCUT2D eigenvalue weighted by molar-refractivity contribution is 9.10. The first-order chi connectivity index (χ1) is 10.6. The third kappa shape index (κ3) is 2.80. The van der Waals surface area contributed by atoms with Gasteiger partial charge in [0.05, 0.1) is 23.1 Å². The summed E-state index contributed by atoms with van der Waals surface area (Å²) in [4.78, 5) is 14.7. The zero-order valence-electron chi connectivity index (χ0n) is 12.7. The molecule has 1 N–H and O–H groups in total. The first kappa shape index (κ1) is 15.2. The van der Waals surface area contributed by atoms with Crippen molar-refractivity contribution in [1.29, 1.82) is 0 Å². The van der Waals surface area contributed by atoms with E-state index in [0.29, 0.717) is 5.56 Å². The van der Waals surface area contributed by atoms with Gasteiger partial charge in [-0.1, -0.05) is 22.0 Å². The lowest BCUT2D eigenvalue weighted by Crippen LogP contribution is -2.52. The van der Waals surface area contributed by atoms with E-state index in [9.17, 15) is 4.79 Å². The number of benzene rings is 1. The normalized spacial score (nSPS) is 18.5. The molecule has 116 valence electrons. The number of carbonyl (C=O) groups is 1. The van der Waals surface area contributed by atoms with E-state index >= 15 is 0 Å². The van der Waals surface area contributed by atoms with Crippen molar-refractivity contribution in [3.8, 4) is 5.69 Å². The third-order valence-electron chi connectivity index (χ3n) is 4.06. The number of rotatable bonds is 2. The lowest BCUT2D eigenvalue weighted by molar-refractivity contribution is 0.0655. The molecule has 0 radical (unpaired) electrons. The van der Waals surface area contributed by atoms with Crippen LogP contribution in [0.2, 0.25) is 0 Å². The zero-order chi connectivity index (χ0) is 15.7. The van der Waals surface area contributed by atoms with Crippen molar-refractivity contribution in [2.75, 3.05) is 19.6 Å². The lowest BCUT2D eigenvalue weighted by atomic mass is 10.1. The maximum Gasteiger partial charge on any atom is 0.257 e. The molecule has 1 aliphatic rings. The number of piperazine rings is 1. The first-order valence-corrected chi connectivity index (χ1v) is 8.19. The van der Waals surface area contributed by atoms with E-state index in [1.807, 2.05) is 40.8 Å². The molecule has 1 aliphatic heterocycles. The van der Waals surface area contributed by atoms with Gasteiger partial charge in [-0.3, -0.25) is 4.79 Å². The van der Waals surface area contributed by atoms with E-state index in [-0.39, 0.29) is 11.9 Å². The molecule has 0 spiro atoms. The van der Waals surface area contributed by atoms with Crippen LogP contribution in [0.4, 0.5) is 0 Å². The highest BCUT2D eigenvalue weighted by atomic mass is 79.9. The summed E-state index contributed by atoms with van der Waals surface area (Å²) in [5, 5.41) is 7.70. The fourth-order valence-corrected chi connectivity index (χ4v) is 3.17. The van der Waals surface area contributed by atoms with E-state index in [1.54, 1.807) is 6.20 Å². The van der Waals surface area contributed by atoms with E-state index in [2.05, 4.69) is 33.3 Å². The summed E-state index contributed by atoms with van der Waals surface area (Å²) in [7, 11) is 0. The van der Waals surface area contributed by atoms with E-state index in [0.717, 1.165) is 35.5 Å². The maximum atomic E-state index is 12.8. The van der Waals surface area contributed by atoms with Gasteiger partial charge in [0.1, 0.15) is 0 Å². The second-order valence-electron chi connectivity index (χ2n) is 5.59. The minimum Gasteiger partial charge on any atom is -0.333 e. The number of aromatic nitrogens is 2. The second-order valence-corrected chi connectivity index (χ2v) is 6.50. The van der Waals surface area contributed by atoms with Crippen LogP contribution in [0.3, 0.4) is 0 Å². The minimum absolute atomic E-state index is 0.0627. The molecule has 1 fully saturated rings. The van der Waals surface area contributed by atoms with Gasteiger partial charge in [-0.25, -0.2) is 4.68 Å². The molecule has 1 aromatic carbocycles. The minimum atomic E-state index is 0.0627. The van der Waals surface area contributed by atoms with Crippen LogP contribution in [0, 0.1) is 6.92 Å². The molecule has 3 rings (SSSR count). The highest BCUT2D eigenvalue weighted by Crippen LogP contribution is 2.20. The van der Waals surface area contributed by atoms with Crippen molar-refractivity contribution in [2.45, 2.75) is 19.9 Å². The van der Waals surface area contributed by atoms with Crippen LogP contribution in [0.25, 0.3) is 5.69 Å². The number of hydrogen-bond donors (Lipinski definition) is 1. The standard InChI is InChI=1S/C16H19BrN4O/c1-11-9-18-6-7-20(11)16(22)15-10-19-21(12(15)2)14-5-3-4-13(17)8-14/h3-5,8,10-11,18H,6-7,9H2,1-2H3. The Balaban J connectivity index is 1.91. The fourth-order valence-electron chi connectivity index (χ4n) is 2.79. The monoisotopic (exact) mass is 362 g/mol. The van der Waals surface area contributed by atoms with Crippen LogP contribution in [0.1, 0.15) is 23.0 Å². The lowest BCUT2D eigenvalue weighted by Gasteiger charge is -2.33. The molecule has 0 saturated carbocycles. The average Bonchev–Trinajstić information content (AvgIpc) is 2.89. The van der Waals surface area contributed by atoms with Gasteiger partial charge in [-0.2, -0.15) is 5.10 Å². The number of nitrogens with zero attached hydrogens (tertiary/aromatic N) is 3. The summed E-state index contributed by atoms with van der Waals surface area (Å²) in [6.07, 6.45) is 1.67. The SMILES string of the molecule is Cc1c(C(=O)N2CCNCC2C)cnn1-c1cccc(Br)c1. The smallest absolute Gasteiger partial charge is 0.257 e. The molecule has 5 nitrogen and oxygen atoms in total. The number of nitrogens with one attached hydrogen (secondary N) is 1. The molecule has 6 heteroatoms. The Morgan fingerprint density at radius 1 is 1.45 bits per heavy atom. The van der Waals surface area contributed by atoms with Crippen molar-refractivity contribution in [2.24, 2.45) is 0 Å². The summed E-state index contributed by atoms with van der Waals surface area (Å²) in [6, 6.07) is 8.10. The van der Waals surface area contributed by atoms with Crippen LogP contribution in [-0.4, -0.2) is 46.3 Å². The Bertz CT molecular complexity index is 697. The van der Waals surface area contributed by atoms with Gasteiger partial charge in [0.15, 0.2) is 0 Å².